The first-order valence-electron chi connectivity index (χ1n) is 3.70. The van der Waals surface area contributed by atoms with Crippen molar-refractivity contribution in [2.45, 2.75) is 6.61 Å². The number of nitrogens with two attached hydrogens (primary N) is 1. The van der Waals surface area contributed by atoms with Crippen LogP contribution in [0.5, 0.6) is 0 Å². The van der Waals surface area contributed by atoms with Gasteiger partial charge in [0.2, 0.25) is 0 Å². The fourth-order valence-corrected chi connectivity index (χ4v) is 0.729. The maximum Gasteiger partial charge on any atom is 0.404 e. The number of ether oxygens (including phenoxy) is 1. The number of rotatable bonds is 2. The average molecular weight is 199 g/mol. The van der Waals surface area contributed by atoms with Gasteiger partial charge >= 0.3 is 6.09 Å². The van der Waals surface area contributed by atoms with Crippen LogP contribution < -0.4 is 5.73 Å². The van der Waals surface area contributed by atoms with Crippen LogP contribution in [0.4, 0.5) is 4.79 Å². The quantitative estimate of drug-likeness (QED) is 0.714. The third-order valence-electron chi connectivity index (χ3n) is 1.22. The third kappa shape index (κ3) is 6.04. The molecule has 0 aromatic heterocycles. The topological polar surface area (TPSA) is 52.3 Å². The molecule has 2 N–H and O–H groups in total. The fraction of sp³-hybridized carbons (Fsp3) is 0.222. The second kappa shape index (κ2) is 7.49. The molecule has 1 aromatic carbocycles. The van der Waals surface area contributed by atoms with Crippen molar-refractivity contribution in [2.75, 3.05) is 6.26 Å². The smallest absolute Gasteiger partial charge is 0.404 e. The molecule has 0 aliphatic heterocycles. The third-order valence-corrected chi connectivity index (χ3v) is 1.22. The van der Waals surface area contributed by atoms with Crippen molar-refractivity contribution >= 4 is 18.7 Å². The molecule has 0 fully saturated rings. The van der Waals surface area contributed by atoms with Crippen LogP contribution in [-0.2, 0) is 11.3 Å². The summed E-state index contributed by atoms with van der Waals surface area (Å²) < 4.78 is 4.57. The van der Waals surface area contributed by atoms with E-state index in [4.69, 9.17) is 5.73 Å². The highest BCUT2D eigenvalue weighted by molar-refractivity contribution is 7.79. The molecule has 0 bridgehead atoms. The Kier molecular flexibility index (Phi) is 6.82. The number of hydrogen-bond donors (Lipinski definition) is 2. The Labute approximate surface area is 83.3 Å². The Hall–Kier alpha value is -1.16. The molecule has 0 aliphatic carbocycles. The van der Waals surface area contributed by atoms with E-state index in [1.807, 2.05) is 30.3 Å². The molecule has 4 heteroatoms. The Morgan fingerprint density at radius 2 is 1.92 bits per heavy atom. The van der Waals surface area contributed by atoms with E-state index in [0.29, 0.717) is 0 Å². The van der Waals surface area contributed by atoms with Crippen molar-refractivity contribution in [3.8, 4) is 0 Å². The van der Waals surface area contributed by atoms with Crippen molar-refractivity contribution in [2.24, 2.45) is 5.73 Å². The molecule has 0 radical (unpaired) electrons. The van der Waals surface area contributed by atoms with E-state index in [2.05, 4.69) is 17.4 Å². The normalized spacial score (nSPS) is 8.15. The van der Waals surface area contributed by atoms with Crippen LogP contribution >= 0.6 is 12.6 Å². The van der Waals surface area contributed by atoms with Crippen LogP contribution in [0, 0.1) is 0 Å². The van der Waals surface area contributed by atoms with E-state index >= 15 is 0 Å². The zero-order valence-electron chi connectivity index (χ0n) is 7.43. The predicted octanol–water partition coefficient (Wildman–Crippen LogP) is 1.83. The van der Waals surface area contributed by atoms with E-state index in [9.17, 15) is 4.79 Å². The summed E-state index contributed by atoms with van der Waals surface area (Å²) in [4.78, 5) is 10.2. The number of hydrogen-bond acceptors (Lipinski definition) is 3. The summed E-state index contributed by atoms with van der Waals surface area (Å²) in [6.07, 6.45) is 0.953. The molecule has 1 amide bonds. The fourth-order valence-electron chi connectivity index (χ4n) is 0.729. The lowest BCUT2D eigenvalue weighted by atomic mass is 10.2. The van der Waals surface area contributed by atoms with Crippen molar-refractivity contribution in [1.82, 2.24) is 0 Å². The molecule has 1 rings (SSSR count). The molecule has 0 atom stereocenters. The molecule has 3 nitrogen and oxygen atoms in total. The number of benzene rings is 1. The summed E-state index contributed by atoms with van der Waals surface area (Å²) in [6, 6.07) is 9.37. The lowest BCUT2D eigenvalue weighted by Gasteiger charge is -1.99. The highest BCUT2D eigenvalue weighted by Gasteiger charge is 1.93. The van der Waals surface area contributed by atoms with Crippen LogP contribution in [0.25, 0.3) is 0 Å². The minimum Gasteiger partial charge on any atom is -0.445 e. The monoisotopic (exact) mass is 199 g/mol. The molecule has 0 unspecified atom stereocenters. The molecule has 13 heavy (non-hydrogen) atoms. The molecule has 0 spiro atoms. The standard InChI is InChI=1S/C8H9NO2.CH4S/c9-8(10)11-6-7-4-2-1-3-5-7;1-2/h1-5H,6H2,(H2,9,10);2H,1H3. The van der Waals surface area contributed by atoms with Crippen LogP contribution in [-0.4, -0.2) is 12.3 Å². The number of carbonyl (C=O) groups is 1. The maximum absolute atomic E-state index is 10.2. The van der Waals surface area contributed by atoms with Crippen molar-refractivity contribution in [1.29, 1.82) is 0 Å². The lowest BCUT2D eigenvalue weighted by molar-refractivity contribution is 0.150. The van der Waals surface area contributed by atoms with E-state index in [-0.39, 0.29) is 6.61 Å². The van der Waals surface area contributed by atoms with Crippen molar-refractivity contribution < 1.29 is 9.53 Å². The second-order valence-corrected chi connectivity index (χ2v) is 2.09. The number of primary amides is 1. The number of thiol groups is 1. The summed E-state index contributed by atoms with van der Waals surface area (Å²) >= 11 is 3.53. The highest BCUT2D eigenvalue weighted by atomic mass is 32.1. The number of carbonyl (C=O) groups excluding carboxylic acids is 1. The molecule has 0 saturated carbocycles. The van der Waals surface area contributed by atoms with Gasteiger partial charge in [0.15, 0.2) is 0 Å². The second-order valence-electron chi connectivity index (χ2n) is 2.09. The van der Waals surface area contributed by atoms with Gasteiger partial charge in [-0.05, 0) is 11.8 Å². The van der Waals surface area contributed by atoms with E-state index in [1.165, 1.54) is 0 Å². The van der Waals surface area contributed by atoms with Gasteiger partial charge in [0.1, 0.15) is 6.61 Å². The number of amides is 1. The molecule has 0 heterocycles. The van der Waals surface area contributed by atoms with Gasteiger partial charge in [-0.2, -0.15) is 12.6 Å². The average Bonchev–Trinajstić information content (AvgIpc) is 2.19. The minimum atomic E-state index is -0.742. The largest absolute Gasteiger partial charge is 0.445 e. The first-order chi connectivity index (χ1) is 6.29. The highest BCUT2D eigenvalue weighted by Crippen LogP contribution is 1.99. The molecule has 72 valence electrons. The van der Waals surface area contributed by atoms with Gasteiger partial charge in [-0.15, -0.1) is 0 Å². The Bertz CT molecular complexity index is 239. The summed E-state index contributed by atoms with van der Waals surface area (Å²) in [7, 11) is 0. The van der Waals surface area contributed by atoms with Crippen LogP contribution in [0.2, 0.25) is 0 Å². The van der Waals surface area contributed by atoms with E-state index in [0.717, 1.165) is 5.56 Å². The van der Waals surface area contributed by atoms with Crippen molar-refractivity contribution in [3.63, 3.8) is 0 Å². The van der Waals surface area contributed by atoms with Gasteiger partial charge in [-0.25, -0.2) is 4.79 Å². The maximum atomic E-state index is 10.2. The Balaban J connectivity index is 0.000000671. The lowest BCUT2D eigenvalue weighted by Crippen LogP contribution is -2.12. The van der Waals surface area contributed by atoms with E-state index in [1.54, 1.807) is 6.26 Å². The minimum absolute atomic E-state index is 0.246. The first-order valence-corrected chi connectivity index (χ1v) is 4.59. The zero-order chi connectivity index (χ0) is 10.1. The molecule has 1 aromatic rings. The van der Waals surface area contributed by atoms with Crippen LogP contribution in [0.3, 0.4) is 0 Å². The summed E-state index contributed by atoms with van der Waals surface area (Å²) in [5, 5.41) is 0. The van der Waals surface area contributed by atoms with Gasteiger partial charge < -0.3 is 10.5 Å². The molecule has 0 aliphatic rings. The van der Waals surface area contributed by atoms with Crippen molar-refractivity contribution in [3.05, 3.63) is 35.9 Å². The van der Waals surface area contributed by atoms with E-state index < -0.39 is 6.09 Å². The van der Waals surface area contributed by atoms with Gasteiger partial charge in [-0.3, -0.25) is 0 Å². The van der Waals surface area contributed by atoms with Crippen LogP contribution in [0.15, 0.2) is 30.3 Å². The first kappa shape index (κ1) is 11.8. The Morgan fingerprint density at radius 3 is 2.38 bits per heavy atom. The molecule has 0 saturated heterocycles. The summed E-state index contributed by atoms with van der Waals surface area (Å²) in [5.74, 6) is 0. The zero-order valence-corrected chi connectivity index (χ0v) is 8.33. The molecular weight excluding hydrogens is 186 g/mol. The molecular formula is C9H13NO2S. The SMILES string of the molecule is CS.NC(=O)OCc1ccccc1. The van der Waals surface area contributed by atoms with Gasteiger partial charge in [0.05, 0.1) is 0 Å². The summed E-state index contributed by atoms with van der Waals surface area (Å²) in [6.45, 7) is 0.246. The van der Waals surface area contributed by atoms with Gasteiger partial charge in [0.25, 0.3) is 0 Å². The van der Waals surface area contributed by atoms with Gasteiger partial charge in [0, 0.05) is 0 Å². The summed E-state index contributed by atoms with van der Waals surface area (Å²) in [5.41, 5.74) is 5.72. The Morgan fingerprint density at radius 1 is 1.38 bits per heavy atom. The predicted molar refractivity (Wildman–Crippen MR) is 55.7 cm³/mol. The van der Waals surface area contributed by atoms with Gasteiger partial charge in [-0.1, -0.05) is 30.3 Å². The van der Waals surface area contributed by atoms with Crippen LogP contribution in [0.1, 0.15) is 5.56 Å².